The monoisotopic (exact) mass is 372 g/mol. The Morgan fingerprint density at radius 1 is 0.571 bits per heavy atom. The van der Waals surface area contributed by atoms with E-state index in [0.29, 0.717) is 13.1 Å². The van der Waals surface area contributed by atoms with Gasteiger partial charge in [-0.3, -0.25) is 9.59 Å². The number of rotatable bonds is 10. The second kappa shape index (κ2) is 10.3. The summed E-state index contributed by atoms with van der Waals surface area (Å²) in [5, 5.41) is 6.80. The first kappa shape index (κ1) is 19.7. The lowest BCUT2D eigenvalue weighted by Crippen LogP contribution is -2.16. The molecule has 0 aromatic heterocycles. The molecule has 0 atom stereocenters. The average Bonchev–Trinajstić information content (AvgIpc) is 2.75. The fourth-order valence-electron chi connectivity index (χ4n) is 3.15. The molecule has 0 aliphatic carbocycles. The van der Waals surface area contributed by atoms with Crippen LogP contribution in [0, 0.1) is 0 Å². The lowest BCUT2D eigenvalue weighted by molar-refractivity contribution is 0.111. The standard InChI is InChI=1S/C24H24N2O2/c27-17-23-10-3-1-8-21(23)15-25-13-19-6-5-7-20(12-19)14-26-16-22-9-2-4-11-24(22)18-28/h1-12,17-18,25-26H,13-16H2. The number of nitrogens with one attached hydrogen (secondary N) is 2. The Kier molecular flexibility index (Phi) is 7.24. The van der Waals surface area contributed by atoms with Crippen LogP contribution in [-0.4, -0.2) is 12.6 Å². The Bertz CT molecular complexity index is 864. The van der Waals surface area contributed by atoms with Crippen LogP contribution in [0.4, 0.5) is 0 Å². The Labute approximate surface area is 165 Å². The number of hydrogen-bond donors (Lipinski definition) is 2. The van der Waals surface area contributed by atoms with Gasteiger partial charge in [-0.2, -0.15) is 0 Å². The zero-order valence-electron chi connectivity index (χ0n) is 15.7. The molecule has 0 spiro atoms. The molecule has 3 rings (SSSR count). The van der Waals surface area contributed by atoms with Crippen molar-refractivity contribution in [2.45, 2.75) is 26.2 Å². The van der Waals surface area contributed by atoms with E-state index in [4.69, 9.17) is 0 Å². The number of benzene rings is 3. The zero-order valence-corrected chi connectivity index (χ0v) is 15.7. The highest BCUT2D eigenvalue weighted by atomic mass is 16.1. The first-order valence-corrected chi connectivity index (χ1v) is 9.35. The van der Waals surface area contributed by atoms with E-state index >= 15 is 0 Å². The summed E-state index contributed by atoms with van der Waals surface area (Å²) in [5.41, 5.74) is 5.84. The highest BCUT2D eigenvalue weighted by Gasteiger charge is 2.02. The Morgan fingerprint density at radius 3 is 1.50 bits per heavy atom. The van der Waals surface area contributed by atoms with Crippen LogP contribution in [0.3, 0.4) is 0 Å². The van der Waals surface area contributed by atoms with Gasteiger partial charge >= 0.3 is 0 Å². The SMILES string of the molecule is O=Cc1ccccc1CNCc1cccc(CNCc2ccccc2C=O)c1. The Morgan fingerprint density at radius 2 is 1.04 bits per heavy atom. The normalized spacial score (nSPS) is 10.6. The minimum atomic E-state index is 0.653. The first-order chi connectivity index (χ1) is 13.8. The maximum absolute atomic E-state index is 11.1. The lowest BCUT2D eigenvalue weighted by atomic mass is 10.1. The third-order valence-electron chi connectivity index (χ3n) is 4.64. The Balaban J connectivity index is 1.51. The van der Waals surface area contributed by atoms with E-state index in [1.165, 1.54) is 11.1 Å². The van der Waals surface area contributed by atoms with Gasteiger partial charge in [0, 0.05) is 37.3 Å². The summed E-state index contributed by atoms with van der Waals surface area (Å²) in [6.07, 6.45) is 1.79. The predicted molar refractivity (Wildman–Crippen MR) is 111 cm³/mol. The van der Waals surface area contributed by atoms with Crippen LogP contribution in [0.2, 0.25) is 0 Å². The van der Waals surface area contributed by atoms with E-state index in [1.807, 2.05) is 54.6 Å². The molecular formula is C24H24N2O2. The van der Waals surface area contributed by atoms with Gasteiger partial charge in [0.05, 0.1) is 0 Å². The van der Waals surface area contributed by atoms with Gasteiger partial charge in [-0.15, -0.1) is 0 Å². The molecule has 0 fully saturated rings. The van der Waals surface area contributed by atoms with E-state index < -0.39 is 0 Å². The van der Waals surface area contributed by atoms with Crippen LogP contribution < -0.4 is 10.6 Å². The molecule has 28 heavy (non-hydrogen) atoms. The molecule has 2 N–H and O–H groups in total. The molecule has 0 radical (unpaired) electrons. The lowest BCUT2D eigenvalue weighted by Gasteiger charge is -2.10. The molecule has 0 saturated carbocycles. The number of aldehydes is 2. The van der Waals surface area contributed by atoms with Crippen molar-refractivity contribution >= 4 is 12.6 Å². The molecule has 4 heteroatoms. The maximum Gasteiger partial charge on any atom is 0.150 e. The second-order valence-corrected chi connectivity index (χ2v) is 6.66. The first-order valence-electron chi connectivity index (χ1n) is 9.35. The summed E-state index contributed by atoms with van der Waals surface area (Å²) in [5.74, 6) is 0. The zero-order chi connectivity index (χ0) is 19.6. The summed E-state index contributed by atoms with van der Waals surface area (Å²) in [7, 11) is 0. The third-order valence-corrected chi connectivity index (χ3v) is 4.64. The topological polar surface area (TPSA) is 58.2 Å². The minimum absolute atomic E-state index is 0.653. The van der Waals surface area contributed by atoms with Crippen molar-refractivity contribution in [3.8, 4) is 0 Å². The highest BCUT2D eigenvalue weighted by Crippen LogP contribution is 2.09. The van der Waals surface area contributed by atoms with Gasteiger partial charge in [0.25, 0.3) is 0 Å². The smallest absolute Gasteiger partial charge is 0.150 e. The largest absolute Gasteiger partial charge is 0.309 e. The van der Waals surface area contributed by atoms with E-state index in [-0.39, 0.29) is 0 Å². The van der Waals surface area contributed by atoms with Crippen molar-refractivity contribution in [3.63, 3.8) is 0 Å². The fourth-order valence-corrected chi connectivity index (χ4v) is 3.15. The Hall–Kier alpha value is -3.08. The minimum Gasteiger partial charge on any atom is -0.309 e. The van der Waals surface area contributed by atoms with Crippen molar-refractivity contribution in [2.75, 3.05) is 0 Å². The van der Waals surface area contributed by atoms with Gasteiger partial charge in [-0.25, -0.2) is 0 Å². The van der Waals surface area contributed by atoms with E-state index in [9.17, 15) is 9.59 Å². The molecule has 0 amide bonds. The van der Waals surface area contributed by atoms with Crippen molar-refractivity contribution in [1.29, 1.82) is 0 Å². The molecule has 0 saturated heterocycles. The van der Waals surface area contributed by atoms with Crippen LogP contribution in [0.5, 0.6) is 0 Å². The molecule has 0 aliphatic heterocycles. The van der Waals surface area contributed by atoms with Gasteiger partial charge in [-0.05, 0) is 22.3 Å². The van der Waals surface area contributed by atoms with Crippen molar-refractivity contribution in [3.05, 3.63) is 106 Å². The van der Waals surface area contributed by atoms with Gasteiger partial charge in [0.1, 0.15) is 12.6 Å². The molecule has 0 aliphatic rings. The average molecular weight is 372 g/mol. The predicted octanol–water partition coefficient (Wildman–Crippen LogP) is 3.89. The van der Waals surface area contributed by atoms with E-state index in [0.717, 1.165) is 47.9 Å². The summed E-state index contributed by atoms with van der Waals surface area (Å²) in [6, 6.07) is 23.6. The summed E-state index contributed by atoms with van der Waals surface area (Å²) in [4.78, 5) is 22.2. The third kappa shape index (κ3) is 5.46. The van der Waals surface area contributed by atoms with Crippen LogP contribution >= 0.6 is 0 Å². The number of carbonyl (C=O) groups excluding carboxylic acids is 2. The molecule has 142 valence electrons. The van der Waals surface area contributed by atoms with Gasteiger partial charge < -0.3 is 10.6 Å². The van der Waals surface area contributed by atoms with E-state index in [2.05, 4.69) is 28.8 Å². The fraction of sp³-hybridized carbons (Fsp3) is 0.167. The van der Waals surface area contributed by atoms with E-state index in [1.54, 1.807) is 0 Å². The van der Waals surface area contributed by atoms with Crippen LogP contribution in [0.25, 0.3) is 0 Å². The second-order valence-electron chi connectivity index (χ2n) is 6.66. The quantitative estimate of drug-likeness (QED) is 0.530. The van der Waals surface area contributed by atoms with Gasteiger partial charge in [0.15, 0.2) is 0 Å². The summed E-state index contributed by atoms with van der Waals surface area (Å²) < 4.78 is 0. The highest BCUT2D eigenvalue weighted by molar-refractivity contribution is 5.77. The van der Waals surface area contributed by atoms with Crippen LogP contribution in [-0.2, 0) is 26.2 Å². The molecular weight excluding hydrogens is 348 g/mol. The summed E-state index contributed by atoms with van der Waals surface area (Å²) in [6.45, 7) is 2.77. The molecule has 0 bridgehead atoms. The molecule has 0 unspecified atom stereocenters. The van der Waals surface area contributed by atoms with Crippen LogP contribution in [0.1, 0.15) is 43.0 Å². The molecule has 0 heterocycles. The van der Waals surface area contributed by atoms with Crippen molar-refractivity contribution in [2.24, 2.45) is 0 Å². The van der Waals surface area contributed by atoms with Crippen molar-refractivity contribution < 1.29 is 9.59 Å². The van der Waals surface area contributed by atoms with Crippen molar-refractivity contribution in [1.82, 2.24) is 10.6 Å². The van der Waals surface area contributed by atoms with Crippen LogP contribution in [0.15, 0.2) is 72.8 Å². The summed E-state index contributed by atoms with van der Waals surface area (Å²) >= 11 is 0. The maximum atomic E-state index is 11.1. The molecule has 3 aromatic rings. The molecule has 3 aromatic carbocycles. The molecule has 4 nitrogen and oxygen atoms in total. The number of hydrogen-bond acceptors (Lipinski definition) is 4. The number of carbonyl (C=O) groups is 2. The van der Waals surface area contributed by atoms with Gasteiger partial charge in [-0.1, -0.05) is 72.8 Å². The van der Waals surface area contributed by atoms with Gasteiger partial charge in [0.2, 0.25) is 0 Å².